The number of para-hydroxylation sites is 5. The minimum absolute atomic E-state index is 1.10. The molecular formula is C54H37N3S2. The predicted octanol–water partition coefficient (Wildman–Crippen LogP) is 16.8. The van der Waals surface area contributed by atoms with Gasteiger partial charge in [-0.05, 0) is 109 Å². The number of thiophene rings is 2. The molecule has 0 saturated heterocycles. The van der Waals surface area contributed by atoms with E-state index in [0.717, 1.165) is 51.2 Å². The number of nitrogens with zero attached hydrogens (tertiary/aromatic N) is 3. The van der Waals surface area contributed by atoms with E-state index in [9.17, 15) is 0 Å². The maximum absolute atomic E-state index is 2.50. The second-order valence-electron chi connectivity index (χ2n) is 14.6. The number of hydrogen-bond acceptors (Lipinski definition) is 5. The fourth-order valence-electron chi connectivity index (χ4n) is 8.40. The lowest BCUT2D eigenvalue weighted by molar-refractivity contribution is 1.27. The van der Waals surface area contributed by atoms with Crippen LogP contribution in [-0.4, -0.2) is 0 Å². The van der Waals surface area contributed by atoms with E-state index in [1.165, 1.54) is 40.3 Å². The summed E-state index contributed by atoms with van der Waals surface area (Å²) in [6, 6.07) is 81.0. The Kier molecular flexibility index (Phi) is 8.88. The van der Waals surface area contributed by atoms with E-state index in [4.69, 9.17) is 0 Å². The van der Waals surface area contributed by atoms with Gasteiger partial charge in [-0.25, -0.2) is 0 Å². The maximum atomic E-state index is 2.50. The molecule has 0 bridgehead atoms. The largest absolute Gasteiger partial charge is 0.310 e. The Morgan fingerprint density at radius 1 is 0.254 bits per heavy atom. The Hall–Kier alpha value is -7.18. The summed E-state index contributed by atoms with van der Waals surface area (Å²) < 4.78 is 5.02. The summed E-state index contributed by atoms with van der Waals surface area (Å²) in [4.78, 5) is 7.24. The Morgan fingerprint density at radius 3 is 1.29 bits per heavy atom. The van der Waals surface area contributed by atoms with Gasteiger partial charge >= 0.3 is 0 Å². The molecule has 0 amide bonds. The topological polar surface area (TPSA) is 9.72 Å². The fourth-order valence-corrected chi connectivity index (χ4v) is 10.7. The summed E-state index contributed by atoms with van der Waals surface area (Å²) in [7, 11) is 0. The van der Waals surface area contributed by atoms with E-state index in [0.29, 0.717) is 0 Å². The van der Waals surface area contributed by atoms with Crippen LogP contribution in [0.4, 0.5) is 51.2 Å². The third-order valence-electron chi connectivity index (χ3n) is 11.0. The van der Waals surface area contributed by atoms with Crippen LogP contribution in [0, 0.1) is 0 Å². The van der Waals surface area contributed by atoms with Gasteiger partial charge in [0.1, 0.15) is 0 Å². The Balaban J connectivity index is 1.20. The van der Waals surface area contributed by atoms with Gasteiger partial charge in [0.25, 0.3) is 0 Å². The third-order valence-corrected chi connectivity index (χ3v) is 13.3. The van der Waals surface area contributed by atoms with E-state index in [-0.39, 0.29) is 0 Å². The van der Waals surface area contributed by atoms with Crippen molar-refractivity contribution < 1.29 is 0 Å². The molecule has 3 nitrogen and oxygen atoms in total. The van der Waals surface area contributed by atoms with Crippen LogP contribution in [0.25, 0.3) is 40.3 Å². The number of rotatable bonds is 9. The molecule has 0 spiro atoms. The van der Waals surface area contributed by atoms with Gasteiger partial charge in [0, 0.05) is 75.5 Å². The normalized spacial score (nSPS) is 11.4. The molecule has 2 aromatic heterocycles. The van der Waals surface area contributed by atoms with Crippen molar-refractivity contribution in [1.29, 1.82) is 0 Å². The van der Waals surface area contributed by atoms with E-state index in [1.807, 2.05) is 22.7 Å². The Labute approximate surface area is 351 Å². The summed E-state index contributed by atoms with van der Waals surface area (Å²) in [5, 5.41) is 4.97. The van der Waals surface area contributed by atoms with Crippen molar-refractivity contribution in [2.75, 3.05) is 14.7 Å². The molecule has 2 heterocycles. The van der Waals surface area contributed by atoms with Crippen molar-refractivity contribution in [3.05, 3.63) is 224 Å². The summed E-state index contributed by atoms with van der Waals surface area (Å²) >= 11 is 3.72. The molecule has 0 N–H and O–H groups in total. The summed E-state index contributed by atoms with van der Waals surface area (Å²) in [5.41, 5.74) is 10.1. The molecule has 59 heavy (non-hydrogen) atoms. The zero-order valence-electron chi connectivity index (χ0n) is 32.0. The van der Waals surface area contributed by atoms with Gasteiger partial charge in [0.15, 0.2) is 0 Å². The van der Waals surface area contributed by atoms with Crippen LogP contribution in [-0.2, 0) is 0 Å². The van der Waals surface area contributed by atoms with Crippen LogP contribution in [0.1, 0.15) is 0 Å². The predicted molar refractivity (Wildman–Crippen MR) is 256 cm³/mol. The van der Waals surface area contributed by atoms with Crippen molar-refractivity contribution in [3.63, 3.8) is 0 Å². The molecule has 0 fully saturated rings. The van der Waals surface area contributed by atoms with Gasteiger partial charge < -0.3 is 14.7 Å². The molecule has 5 heteroatoms. The second kappa shape index (κ2) is 15.0. The molecule has 280 valence electrons. The zero-order valence-corrected chi connectivity index (χ0v) is 33.7. The maximum Gasteiger partial charge on any atom is 0.0661 e. The quantitative estimate of drug-likeness (QED) is 0.144. The lowest BCUT2D eigenvalue weighted by atomic mass is 10.0. The smallest absolute Gasteiger partial charge is 0.0661 e. The van der Waals surface area contributed by atoms with Crippen LogP contribution in [0.2, 0.25) is 0 Å². The van der Waals surface area contributed by atoms with Gasteiger partial charge in [-0.3, -0.25) is 0 Å². The molecule has 0 unspecified atom stereocenters. The van der Waals surface area contributed by atoms with Gasteiger partial charge in [0.2, 0.25) is 0 Å². The first-order chi connectivity index (χ1) is 29.3. The number of fused-ring (bicyclic) bond motifs is 6. The first kappa shape index (κ1) is 35.0. The monoisotopic (exact) mass is 791 g/mol. The number of hydrogen-bond donors (Lipinski definition) is 0. The molecular weight excluding hydrogens is 755 g/mol. The van der Waals surface area contributed by atoms with Gasteiger partial charge in [-0.15, -0.1) is 22.7 Å². The molecule has 9 aromatic carbocycles. The first-order valence-electron chi connectivity index (χ1n) is 19.8. The van der Waals surface area contributed by atoms with E-state index >= 15 is 0 Å². The first-order valence-corrected chi connectivity index (χ1v) is 21.5. The van der Waals surface area contributed by atoms with Crippen molar-refractivity contribution in [2.24, 2.45) is 0 Å². The summed E-state index contributed by atoms with van der Waals surface area (Å²) in [5.74, 6) is 0. The Morgan fingerprint density at radius 2 is 0.712 bits per heavy atom. The zero-order chi connectivity index (χ0) is 39.1. The van der Waals surface area contributed by atoms with Crippen LogP contribution in [0.5, 0.6) is 0 Å². The molecule has 0 atom stereocenters. The highest BCUT2D eigenvalue weighted by Gasteiger charge is 2.25. The molecule has 0 aliphatic rings. The van der Waals surface area contributed by atoms with E-state index in [1.54, 1.807) is 0 Å². The standard InChI is InChI=1S/C54H37N3S2/c1-6-19-38(20-7-1)55(39-21-8-2-9-22-39)43-33-34-51-47(35-43)53-48(30-18-32-52(53)58-51)57(42-27-14-5-15-28-42)49-37-44(36-46-45-29-16-17-31-50(45)59-54(46)49)56(40-23-10-3-11-24-40)41-25-12-4-13-26-41/h1-37H. The van der Waals surface area contributed by atoms with Crippen molar-refractivity contribution in [3.8, 4) is 0 Å². The molecule has 0 radical (unpaired) electrons. The molecule has 0 aliphatic heterocycles. The van der Waals surface area contributed by atoms with Crippen molar-refractivity contribution in [2.45, 2.75) is 0 Å². The SMILES string of the molecule is c1ccc(N(c2ccccc2)c2cc(N(c3ccccc3)c3cccc4sc5ccc(N(c6ccccc6)c6ccccc6)cc5c34)c3sc4ccccc4c3c2)cc1. The second-order valence-corrected chi connectivity index (χ2v) is 16.7. The minimum atomic E-state index is 1.10. The molecule has 11 aromatic rings. The molecule has 11 rings (SSSR count). The number of benzene rings is 9. The van der Waals surface area contributed by atoms with Crippen LogP contribution < -0.4 is 14.7 Å². The van der Waals surface area contributed by atoms with E-state index < -0.39 is 0 Å². The average Bonchev–Trinajstić information content (AvgIpc) is 3.87. The molecule has 0 aliphatic carbocycles. The highest BCUT2D eigenvalue weighted by atomic mass is 32.1. The summed E-state index contributed by atoms with van der Waals surface area (Å²) in [6.07, 6.45) is 0. The van der Waals surface area contributed by atoms with Crippen LogP contribution >= 0.6 is 22.7 Å². The van der Waals surface area contributed by atoms with E-state index in [2.05, 4.69) is 239 Å². The Bertz CT molecular complexity index is 3140. The summed E-state index contributed by atoms with van der Waals surface area (Å²) in [6.45, 7) is 0. The lowest BCUT2D eigenvalue weighted by Gasteiger charge is -2.30. The fraction of sp³-hybridized carbons (Fsp3) is 0. The number of anilines is 9. The lowest BCUT2D eigenvalue weighted by Crippen LogP contribution is -2.13. The van der Waals surface area contributed by atoms with Crippen molar-refractivity contribution >= 4 is 114 Å². The van der Waals surface area contributed by atoms with Gasteiger partial charge in [-0.2, -0.15) is 0 Å². The highest BCUT2D eigenvalue weighted by Crippen LogP contribution is 2.52. The minimum Gasteiger partial charge on any atom is -0.310 e. The van der Waals surface area contributed by atoms with Gasteiger partial charge in [-0.1, -0.05) is 115 Å². The third kappa shape index (κ3) is 6.29. The van der Waals surface area contributed by atoms with Crippen LogP contribution in [0.3, 0.4) is 0 Å². The van der Waals surface area contributed by atoms with Gasteiger partial charge in [0.05, 0.1) is 16.1 Å². The molecule has 0 saturated carbocycles. The van der Waals surface area contributed by atoms with Crippen molar-refractivity contribution in [1.82, 2.24) is 0 Å². The van der Waals surface area contributed by atoms with Crippen LogP contribution in [0.15, 0.2) is 224 Å². The average molecular weight is 792 g/mol. The highest BCUT2D eigenvalue weighted by molar-refractivity contribution is 7.26.